The molecule has 0 radical (unpaired) electrons. The van der Waals surface area contributed by atoms with Crippen LogP contribution < -0.4 is 0 Å². The van der Waals surface area contributed by atoms with Gasteiger partial charge in [0.05, 0.1) is 5.56 Å². The molecule has 0 unspecified atom stereocenters. The van der Waals surface area contributed by atoms with Crippen molar-refractivity contribution >= 4 is 11.3 Å². The van der Waals surface area contributed by atoms with E-state index in [-0.39, 0.29) is 0 Å². The zero-order chi connectivity index (χ0) is 10.1. The minimum absolute atomic E-state index is 0.607. The molecule has 0 fully saturated rings. The highest BCUT2D eigenvalue weighted by atomic mass is 32.1. The third-order valence-electron chi connectivity index (χ3n) is 2.83. The Balaban J connectivity index is 2.25. The van der Waals surface area contributed by atoms with Crippen LogP contribution in [-0.4, -0.2) is 17.5 Å². The van der Waals surface area contributed by atoms with E-state index in [4.69, 9.17) is 5.26 Å². The lowest BCUT2D eigenvalue weighted by Gasteiger charge is -2.30. The highest BCUT2D eigenvalue weighted by Crippen LogP contribution is 2.28. The molecule has 3 heteroatoms. The summed E-state index contributed by atoms with van der Waals surface area (Å²) in [6.45, 7) is 6.57. The standard InChI is InChI=1S/C11H14N2S/c1-8(2)13-4-3-10-9(5-12)7-14-11(10)6-13/h7-8H,3-4,6H2,1-2H3. The van der Waals surface area contributed by atoms with Gasteiger partial charge < -0.3 is 0 Å². The van der Waals surface area contributed by atoms with Gasteiger partial charge in [0.15, 0.2) is 0 Å². The van der Waals surface area contributed by atoms with E-state index in [1.54, 1.807) is 11.3 Å². The summed E-state index contributed by atoms with van der Waals surface area (Å²) >= 11 is 1.73. The molecule has 74 valence electrons. The van der Waals surface area contributed by atoms with Crippen LogP contribution in [0.1, 0.15) is 29.9 Å². The van der Waals surface area contributed by atoms with E-state index < -0.39 is 0 Å². The van der Waals surface area contributed by atoms with Crippen LogP contribution in [0, 0.1) is 11.3 Å². The van der Waals surface area contributed by atoms with Gasteiger partial charge in [-0.1, -0.05) is 0 Å². The lowest BCUT2D eigenvalue weighted by atomic mass is 10.0. The predicted molar refractivity (Wildman–Crippen MR) is 58.3 cm³/mol. The summed E-state index contributed by atoms with van der Waals surface area (Å²) in [4.78, 5) is 3.85. The molecule has 2 heterocycles. The van der Waals surface area contributed by atoms with Crippen LogP contribution in [0.3, 0.4) is 0 Å². The Morgan fingerprint density at radius 1 is 1.57 bits per heavy atom. The number of thiophene rings is 1. The smallest absolute Gasteiger partial charge is 0.100 e. The molecule has 1 aliphatic rings. The summed E-state index contributed by atoms with van der Waals surface area (Å²) in [6, 6.07) is 2.88. The van der Waals surface area contributed by atoms with Crippen molar-refractivity contribution in [3.63, 3.8) is 0 Å². The average molecular weight is 206 g/mol. The summed E-state index contributed by atoms with van der Waals surface area (Å²) in [7, 11) is 0. The first-order chi connectivity index (χ1) is 6.72. The normalized spacial score (nSPS) is 16.7. The molecule has 2 nitrogen and oxygen atoms in total. The molecule has 1 aromatic heterocycles. The van der Waals surface area contributed by atoms with Gasteiger partial charge in [0.2, 0.25) is 0 Å². The maximum Gasteiger partial charge on any atom is 0.100 e. The molecule has 0 atom stereocenters. The van der Waals surface area contributed by atoms with E-state index in [0.29, 0.717) is 6.04 Å². The fourth-order valence-corrected chi connectivity index (χ4v) is 2.93. The van der Waals surface area contributed by atoms with E-state index in [2.05, 4.69) is 24.8 Å². The van der Waals surface area contributed by atoms with E-state index in [1.807, 2.05) is 5.38 Å². The van der Waals surface area contributed by atoms with Gasteiger partial charge in [-0.25, -0.2) is 0 Å². The van der Waals surface area contributed by atoms with Crippen LogP contribution in [0.2, 0.25) is 0 Å². The highest BCUT2D eigenvalue weighted by molar-refractivity contribution is 7.10. The van der Waals surface area contributed by atoms with Crippen molar-refractivity contribution in [1.82, 2.24) is 4.90 Å². The summed E-state index contributed by atoms with van der Waals surface area (Å²) < 4.78 is 0. The molecule has 0 saturated heterocycles. The van der Waals surface area contributed by atoms with Crippen molar-refractivity contribution in [2.24, 2.45) is 0 Å². The second kappa shape index (κ2) is 3.72. The maximum absolute atomic E-state index is 8.90. The van der Waals surface area contributed by atoms with Gasteiger partial charge in [0.1, 0.15) is 6.07 Å². The number of fused-ring (bicyclic) bond motifs is 1. The molecule has 0 aliphatic carbocycles. The Bertz CT molecular complexity index is 373. The topological polar surface area (TPSA) is 27.0 Å². The van der Waals surface area contributed by atoms with Crippen molar-refractivity contribution in [2.45, 2.75) is 32.9 Å². The second-order valence-electron chi connectivity index (χ2n) is 3.98. The van der Waals surface area contributed by atoms with Crippen molar-refractivity contribution in [2.75, 3.05) is 6.54 Å². The monoisotopic (exact) mass is 206 g/mol. The van der Waals surface area contributed by atoms with Crippen LogP contribution in [0.15, 0.2) is 5.38 Å². The first-order valence-corrected chi connectivity index (χ1v) is 5.83. The van der Waals surface area contributed by atoms with E-state index in [1.165, 1.54) is 10.4 Å². The van der Waals surface area contributed by atoms with Crippen LogP contribution in [0.4, 0.5) is 0 Å². The number of hydrogen-bond donors (Lipinski definition) is 0. The molecule has 0 spiro atoms. The van der Waals surface area contributed by atoms with Gasteiger partial charge in [-0.3, -0.25) is 4.90 Å². The quantitative estimate of drug-likeness (QED) is 0.705. The Morgan fingerprint density at radius 2 is 2.36 bits per heavy atom. The Morgan fingerprint density at radius 3 is 3.00 bits per heavy atom. The predicted octanol–water partition coefficient (Wildman–Crippen LogP) is 2.39. The van der Waals surface area contributed by atoms with Gasteiger partial charge in [0, 0.05) is 29.4 Å². The van der Waals surface area contributed by atoms with Crippen molar-refractivity contribution in [1.29, 1.82) is 5.26 Å². The molecular formula is C11H14N2S. The van der Waals surface area contributed by atoms with E-state index >= 15 is 0 Å². The molecular weight excluding hydrogens is 192 g/mol. The number of rotatable bonds is 1. The molecule has 14 heavy (non-hydrogen) atoms. The zero-order valence-electron chi connectivity index (χ0n) is 8.58. The molecule has 0 aromatic carbocycles. The van der Waals surface area contributed by atoms with Gasteiger partial charge in [-0.15, -0.1) is 11.3 Å². The molecule has 0 N–H and O–H groups in total. The van der Waals surface area contributed by atoms with Crippen LogP contribution >= 0.6 is 11.3 Å². The summed E-state index contributed by atoms with van der Waals surface area (Å²) in [5.41, 5.74) is 2.20. The second-order valence-corrected chi connectivity index (χ2v) is 4.94. The van der Waals surface area contributed by atoms with Gasteiger partial charge in [-0.05, 0) is 25.8 Å². The Kier molecular flexibility index (Phi) is 2.58. The van der Waals surface area contributed by atoms with Crippen LogP contribution in [0.25, 0.3) is 0 Å². The molecule has 2 rings (SSSR count). The number of nitrogens with zero attached hydrogens (tertiary/aromatic N) is 2. The highest BCUT2D eigenvalue weighted by Gasteiger charge is 2.21. The zero-order valence-corrected chi connectivity index (χ0v) is 9.40. The van der Waals surface area contributed by atoms with Crippen molar-refractivity contribution in [3.8, 4) is 6.07 Å². The molecule has 1 aromatic rings. The number of nitriles is 1. The van der Waals surface area contributed by atoms with Crippen LogP contribution in [0.5, 0.6) is 0 Å². The molecule has 0 amide bonds. The lowest BCUT2D eigenvalue weighted by molar-refractivity contribution is 0.206. The maximum atomic E-state index is 8.90. The molecule has 0 bridgehead atoms. The molecule has 0 saturated carbocycles. The fraction of sp³-hybridized carbons (Fsp3) is 0.545. The average Bonchev–Trinajstić information content (AvgIpc) is 2.59. The summed E-state index contributed by atoms with van der Waals surface area (Å²) in [6.07, 6.45) is 1.04. The lowest BCUT2D eigenvalue weighted by Crippen LogP contribution is -2.35. The van der Waals surface area contributed by atoms with Crippen molar-refractivity contribution in [3.05, 3.63) is 21.4 Å². The Hall–Kier alpha value is -0.850. The summed E-state index contributed by atoms with van der Waals surface area (Å²) in [5, 5.41) is 10.9. The molecule has 1 aliphatic heterocycles. The SMILES string of the molecule is CC(C)N1CCc2c(C#N)csc2C1. The minimum atomic E-state index is 0.607. The van der Waals surface area contributed by atoms with Gasteiger partial charge in [-0.2, -0.15) is 5.26 Å². The number of hydrogen-bond acceptors (Lipinski definition) is 3. The minimum Gasteiger partial charge on any atom is -0.296 e. The largest absolute Gasteiger partial charge is 0.296 e. The van der Waals surface area contributed by atoms with Gasteiger partial charge >= 0.3 is 0 Å². The first kappa shape index (κ1) is 9.70. The van der Waals surface area contributed by atoms with E-state index in [9.17, 15) is 0 Å². The third kappa shape index (κ3) is 1.56. The van der Waals surface area contributed by atoms with Crippen LogP contribution in [-0.2, 0) is 13.0 Å². The third-order valence-corrected chi connectivity index (χ3v) is 3.84. The summed E-state index contributed by atoms with van der Waals surface area (Å²) in [5.74, 6) is 0. The van der Waals surface area contributed by atoms with Gasteiger partial charge in [0.25, 0.3) is 0 Å². The van der Waals surface area contributed by atoms with Crippen molar-refractivity contribution < 1.29 is 0 Å². The Labute approximate surface area is 88.8 Å². The fourth-order valence-electron chi connectivity index (χ4n) is 1.88. The first-order valence-electron chi connectivity index (χ1n) is 4.95. The van der Waals surface area contributed by atoms with E-state index in [0.717, 1.165) is 25.1 Å².